The van der Waals surface area contributed by atoms with E-state index < -0.39 is 0 Å². The summed E-state index contributed by atoms with van der Waals surface area (Å²) in [6, 6.07) is 5.19. The molecule has 2 N–H and O–H groups in total. The maximum Gasteiger partial charge on any atom is 0.238 e. The van der Waals surface area contributed by atoms with Crippen LogP contribution in [0.2, 0.25) is 10.0 Å². The van der Waals surface area contributed by atoms with Crippen molar-refractivity contribution in [2.24, 2.45) is 17.8 Å². The molecule has 3 nitrogen and oxygen atoms in total. The third-order valence-electron chi connectivity index (χ3n) is 4.35. The van der Waals surface area contributed by atoms with Gasteiger partial charge in [0.15, 0.2) is 0 Å². The fourth-order valence-electron chi connectivity index (χ4n) is 2.92. The van der Waals surface area contributed by atoms with Crippen molar-refractivity contribution in [2.45, 2.75) is 25.7 Å². The average molecular weight is 327 g/mol. The molecule has 3 rings (SSSR count). The average Bonchev–Trinajstić information content (AvgIpc) is 3.32. The normalized spacial score (nSPS) is 18.0. The van der Waals surface area contributed by atoms with E-state index in [2.05, 4.69) is 10.6 Å². The van der Waals surface area contributed by atoms with E-state index in [4.69, 9.17) is 23.2 Å². The maximum absolute atomic E-state index is 12.0. The molecule has 2 aliphatic carbocycles. The maximum atomic E-state index is 12.0. The molecular weight excluding hydrogens is 307 g/mol. The van der Waals surface area contributed by atoms with Gasteiger partial charge in [-0.1, -0.05) is 29.3 Å². The Morgan fingerprint density at radius 3 is 2.24 bits per heavy atom. The van der Waals surface area contributed by atoms with Crippen LogP contribution in [0.3, 0.4) is 0 Å². The van der Waals surface area contributed by atoms with Gasteiger partial charge in [0, 0.05) is 0 Å². The number of rotatable bonds is 7. The fraction of sp³-hybridized carbons (Fsp3) is 0.562. The summed E-state index contributed by atoms with van der Waals surface area (Å²) in [4.78, 5) is 12.0. The first-order valence-electron chi connectivity index (χ1n) is 7.59. The molecule has 0 spiro atoms. The van der Waals surface area contributed by atoms with E-state index in [0.29, 0.717) is 22.3 Å². The van der Waals surface area contributed by atoms with Crippen molar-refractivity contribution in [3.63, 3.8) is 0 Å². The van der Waals surface area contributed by atoms with E-state index >= 15 is 0 Å². The standard InChI is InChI=1S/C16H20Cl2N2O/c17-13-2-1-3-14(18)16(13)20-15(21)9-19-8-12(10-4-5-10)11-6-7-11/h1-3,10-12,19H,4-9H2,(H,20,21). The van der Waals surface area contributed by atoms with Gasteiger partial charge in [0.25, 0.3) is 0 Å². The summed E-state index contributed by atoms with van der Waals surface area (Å²) in [6.07, 6.45) is 5.46. The number of amides is 1. The number of hydrogen-bond donors (Lipinski definition) is 2. The van der Waals surface area contributed by atoms with Gasteiger partial charge in [-0.25, -0.2) is 0 Å². The van der Waals surface area contributed by atoms with Crippen molar-refractivity contribution >= 4 is 34.8 Å². The van der Waals surface area contributed by atoms with Crippen LogP contribution in [-0.4, -0.2) is 19.0 Å². The van der Waals surface area contributed by atoms with E-state index in [0.717, 1.165) is 24.3 Å². The number of halogens is 2. The van der Waals surface area contributed by atoms with Crippen LogP contribution in [0.5, 0.6) is 0 Å². The number of carbonyl (C=O) groups is 1. The lowest BCUT2D eigenvalue weighted by Gasteiger charge is -2.16. The van der Waals surface area contributed by atoms with Crippen LogP contribution in [0.1, 0.15) is 25.7 Å². The topological polar surface area (TPSA) is 41.1 Å². The number of hydrogen-bond acceptors (Lipinski definition) is 2. The first kappa shape index (κ1) is 15.1. The molecule has 1 aromatic carbocycles. The number of nitrogens with one attached hydrogen (secondary N) is 2. The van der Waals surface area contributed by atoms with Crippen LogP contribution in [0.25, 0.3) is 0 Å². The van der Waals surface area contributed by atoms with Crippen molar-refractivity contribution in [3.8, 4) is 0 Å². The van der Waals surface area contributed by atoms with Gasteiger partial charge in [0.1, 0.15) is 0 Å². The Bertz CT molecular complexity index is 495. The molecule has 0 bridgehead atoms. The quantitative estimate of drug-likeness (QED) is 0.796. The van der Waals surface area contributed by atoms with E-state index in [1.165, 1.54) is 25.7 Å². The molecule has 1 amide bonds. The van der Waals surface area contributed by atoms with Crippen molar-refractivity contribution in [1.82, 2.24) is 5.32 Å². The first-order chi connectivity index (χ1) is 10.1. The second kappa shape index (κ2) is 6.55. The molecule has 1 aromatic rings. The zero-order chi connectivity index (χ0) is 14.8. The molecule has 0 heterocycles. The van der Waals surface area contributed by atoms with Crippen molar-refractivity contribution < 1.29 is 4.79 Å². The van der Waals surface area contributed by atoms with Crippen LogP contribution in [0.15, 0.2) is 18.2 Å². The SMILES string of the molecule is O=C(CNCC(C1CC1)C1CC1)Nc1c(Cl)cccc1Cl. The van der Waals surface area contributed by atoms with Crippen LogP contribution in [0, 0.1) is 17.8 Å². The summed E-state index contributed by atoms with van der Waals surface area (Å²) < 4.78 is 0. The Morgan fingerprint density at radius 2 is 1.71 bits per heavy atom. The summed E-state index contributed by atoms with van der Waals surface area (Å²) in [5, 5.41) is 6.99. The second-order valence-electron chi connectivity index (χ2n) is 6.11. The molecule has 0 aliphatic heterocycles. The smallest absolute Gasteiger partial charge is 0.238 e. The van der Waals surface area contributed by atoms with E-state index in [-0.39, 0.29) is 5.91 Å². The second-order valence-corrected chi connectivity index (χ2v) is 6.93. The Balaban J connectivity index is 1.46. The first-order valence-corrected chi connectivity index (χ1v) is 8.35. The van der Waals surface area contributed by atoms with E-state index in [1.54, 1.807) is 18.2 Å². The minimum atomic E-state index is -0.102. The molecule has 21 heavy (non-hydrogen) atoms. The van der Waals surface area contributed by atoms with Crippen LogP contribution in [0.4, 0.5) is 5.69 Å². The summed E-state index contributed by atoms with van der Waals surface area (Å²) >= 11 is 12.1. The summed E-state index contributed by atoms with van der Waals surface area (Å²) in [5.74, 6) is 2.45. The molecule has 0 saturated heterocycles. The molecule has 5 heteroatoms. The van der Waals surface area contributed by atoms with Gasteiger partial charge in [-0.3, -0.25) is 4.79 Å². The number of carbonyl (C=O) groups excluding carboxylic acids is 1. The molecule has 0 aromatic heterocycles. The van der Waals surface area contributed by atoms with Gasteiger partial charge in [0.2, 0.25) is 5.91 Å². The predicted molar refractivity (Wildman–Crippen MR) is 86.9 cm³/mol. The van der Waals surface area contributed by atoms with Crippen molar-refractivity contribution in [2.75, 3.05) is 18.4 Å². The lowest BCUT2D eigenvalue weighted by Crippen LogP contribution is -2.33. The third kappa shape index (κ3) is 4.12. The fourth-order valence-corrected chi connectivity index (χ4v) is 3.41. The molecular formula is C16H20Cl2N2O. The Hall–Kier alpha value is -0.770. The van der Waals surface area contributed by atoms with E-state index in [9.17, 15) is 4.79 Å². The lowest BCUT2D eigenvalue weighted by atomic mass is 9.98. The van der Waals surface area contributed by atoms with Gasteiger partial charge in [-0.15, -0.1) is 0 Å². The summed E-state index contributed by atoms with van der Waals surface area (Å²) in [7, 11) is 0. The molecule has 2 saturated carbocycles. The number of anilines is 1. The summed E-state index contributed by atoms with van der Waals surface area (Å²) in [6.45, 7) is 1.25. The minimum absolute atomic E-state index is 0.102. The largest absolute Gasteiger partial charge is 0.322 e. The number of para-hydroxylation sites is 1. The molecule has 0 atom stereocenters. The Labute approximate surface area is 135 Å². The van der Waals surface area contributed by atoms with Gasteiger partial charge >= 0.3 is 0 Å². The van der Waals surface area contributed by atoms with Gasteiger partial charge < -0.3 is 10.6 Å². The lowest BCUT2D eigenvalue weighted by molar-refractivity contribution is -0.115. The predicted octanol–water partition coefficient (Wildman–Crippen LogP) is 3.96. The molecule has 0 unspecified atom stereocenters. The monoisotopic (exact) mass is 326 g/mol. The van der Waals surface area contributed by atoms with Crippen LogP contribution in [-0.2, 0) is 4.79 Å². The van der Waals surface area contributed by atoms with Crippen LogP contribution >= 0.6 is 23.2 Å². The highest BCUT2D eigenvalue weighted by molar-refractivity contribution is 6.39. The van der Waals surface area contributed by atoms with Gasteiger partial charge in [-0.2, -0.15) is 0 Å². The minimum Gasteiger partial charge on any atom is -0.322 e. The highest BCUT2D eigenvalue weighted by atomic mass is 35.5. The molecule has 2 aliphatic rings. The third-order valence-corrected chi connectivity index (χ3v) is 4.98. The van der Waals surface area contributed by atoms with E-state index in [1.807, 2.05) is 0 Å². The zero-order valence-corrected chi connectivity index (χ0v) is 13.4. The Kier molecular flexibility index (Phi) is 4.72. The van der Waals surface area contributed by atoms with Gasteiger partial charge in [0.05, 0.1) is 22.3 Å². The van der Waals surface area contributed by atoms with Crippen molar-refractivity contribution in [1.29, 1.82) is 0 Å². The highest BCUT2D eigenvalue weighted by Gasteiger charge is 2.40. The Morgan fingerprint density at radius 1 is 1.14 bits per heavy atom. The highest BCUT2D eigenvalue weighted by Crippen LogP contribution is 2.48. The van der Waals surface area contributed by atoms with Crippen molar-refractivity contribution in [3.05, 3.63) is 28.2 Å². The summed E-state index contributed by atoms with van der Waals surface area (Å²) in [5.41, 5.74) is 0.494. The molecule has 0 radical (unpaired) electrons. The molecule has 2 fully saturated rings. The molecule has 114 valence electrons. The number of benzene rings is 1. The van der Waals surface area contributed by atoms with Gasteiger partial charge in [-0.05, 0) is 62.1 Å². The van der Waals surface area contributed by atoms with Crippen LogP contribution < -0.4 is 10.6 Å². The zero-order valence-electron chi connectivity index (χ0n) is 11.9.